The smallest absolute Gasteiger partial charge is 0.00391 e. The van der Waals surface area contributed by atoms with Crippen molar-refractivity contribution in [3.05, 3.63) is 0 Å². The Bertz CT molecular complexity index is 61.9. The maximum atomic E-state index is 5.68. The lowest BCUT2D eigenvalue weighted by Gasteiger charge is -2.16. The average Bonchev–Trinajstić information content (AvgIpc) is 1.82. The summed E-state index contributed by atoms with van der Waals surface area (Å²) in [5.41, 5.74) is 11.1. The summed E-state index contributed by atoms with van der Waals surface area (Å²) in [6.45, 7) is 4.97. The second kappa shape index (κ2) is 4.77. The van der Waals surface area contributed by atoms with Crippen molar-refractivity contribution in [2.24, 2.45) is 17.4 Å². The average molecular weight is 130 g/mol. The Balaban J connectivity index is 3.41. The summed E-state index contributed by atoms with van der Waals surface area (Å²) < 4.78 is 0. The first-order chi connectivity index (χ1) is 4.22. The third-order valence-corrected chi connectivity index (χ3v) is 1.81. The lowest BCUT2D eigenvalue weighted by Crippen LogP contribution is -2.27. The van der Waals surface area contributed by atoms with Crippen LogP contribution >= 0.6 is 0 Å². The van der Waals surface area contributed by atoms with Crippen molar-refractivity contribution in [3.63, 3.8) is 0 Å². The summed E-state index contributed by atoms with van der Waals surface area (Å²) in [5.74, 6) is 0.620. The van der Waals surface area contributed by atoms with Gasteiger partial charge in [0.05, 0.1) is 0 Å². The molecule has 0 saturated heterocycles. The van der Waals surface area contributed by atoms with E-state index in [-0.39, 0.29) is 0 Å². The van der Waals surface area contributed by atoms with Crippen LogP contribution in [0.5, 0.6) is 0 Å². The van der Waals surface area contributed by atoms with Gasteiger partial charge < -0.3 is 11.5 Å². The molecule has 0 fully saturated rings. The van der Waals surface area contributed by atoms with Crippen LogP contribution in [-0.4, -0.2) is 12.6 Å². The van der Waals surface area contributed by atoms with Gasteiger partial charge in [0.1, 0.15) is 0 Å². The van der Waals surface area contributed by atoms with Gasteiger partial charge in [0.25, 0.3) is 0 Å². The highest BCUT2D eigenvalue weighted by molar-refractivity contribution is 4.66. The first kappa shape index (κ1) is 8.92. The maximum absolute atomic E-state index is 5.68. The molecule has 0 aromatic heterocycles. The Morgan fingerprint density at radius 3 is 2.11 bits per heavy atom. The predicted octanol–water partition coefficient (Wildman–Crippen LogP) is 0.709. The molecule has 0 rings (SSSR count). The van der Waals surface area contributed by atoms with Gasteiger partial charge in [-0.2, -0.15) is 0 Å². The SMILES string of the molecule is CCC(CCN)C(C)N. The Morgan fingerprint density at radius 2 is 2.00 bits per heavy atom. The molecule has 56 valence electrons. The van der Waals surface area contributed by atoms with Gasteiger partial charge in [0, 0.05) is 6.04 Å². The second-order valence-corrected chi connectivity index (χ2v) is 2.60. The number of hydrogen-bond donors (Lipinski definition) is 2. The molecule has 0 saturated carbocycles. The Hall–Kier alpha value is -0.0800. The van der Waals surface area contributed by atoms with E-state index in [2.05, 4.69) is 6.92 Å². The van der Waals surface area contributed by atoms with Gasteiger partial charge in [0.2, 0.25) is 0 Å². The molecule has 0 amide bonds. The molecule has 9 heavy (non-hydrogen) atoms. The molecular weight excluding hydrogens is 112 g/mol. The van der Waals surface area contributed by atoms with Crippen LogP contribution in [0.3, 0.4) is 0 Å². The molecule has 2 atom stereocenters. The van der Waals surface area contributed by atoms with Gasteiger partial charge in [-0.3, -0.25) is 0 Å². The van der Waals surface area contributed by atoms with Crippen LogP contribution in [0.1, 0.15) is 26.7 Å². The molecule has 0 aliphatic carbocycles. The fraction of sp³-hybridized carbons (Fsp3) is 1.00. The van der Waals surface area contributed by atoms with Crippen molar-refractivity contribution in [2.45, 2.75) is 32.7 Å². The summed E-state index contributed by atoms with van der Waals surface area (Å²) in [5, 5.41) is 0. The topological polar surface area (TPSA) is 52.0 Å². The van der Waals surface area contributed by atoms with E-state index in [0.29, 0.717) is 12.0 Å². The highest BCUT2D eigenvalue weighted by Gasteiger charge is 2.08. The van der Waals surface area contributed by atoms with E-state index >= 15 is 0 Å². The third kappa shape index (κ3) is 3.49. The molecule has 0 aromatic carbocycles. The van der Waals surface area contributed by atoms with Gasteiger partial charge in [-0.25, -0.2) is 0 Å². The Morgan fingerprint density at radius 1 is 1.44 bits per heavy atom. The Kier molecular flexibility index (Phi) is 4.72. The monoisotopic (exact) mass is 130 g/mol. The van der Waals surface area contributed by atoms with Crippen LogP contribution in [-0.2, 0) is 0 Å². The predicted molar refractivity (Wildman–Crippen MR) is 41.1 cm³/mol. The third-order valence-electron chi connectivity index (χ3n) is 1.81. The number of rotatable bonds is 4. The van der Waals surface area contributed by atoms with Crippen molar-refractivity contribution in [1.29, 1.82) is 0 Å². The molecule has 2 nitrogen and oxygen atoms in total. The van der Waals surface area contributed by atoms with Crippen LogP contribution in [0.15, 0.2) is 0 Å². The summed E-state index contributed by atoms with van der Waals surface area (Å²) in [6.07, 6.45) is 2.21. The summed E-state index contributed by atoms with van der Waals surface area (Å²) in [6, 6.07) is 0.304. The van der Waals surface area contributed by atoms with Crippen LogP contribution in [0.25, 0.3) is 0 Å². The molecule has 0 spiro atoms. The quantitative estimate of drug-likeness (QED) is 0.589. The fourth-order valence-corrected chi connectivity index (χ4v) is 1.05. The number of hydrogen-bond acceptors (Lipinski definition) is 2. The van der Waals surface area contributed by atoms with Crippen LogP contribution in [0.2, 0.25) is 0 Å². The van der Waals surface area contributed by atoms with Crippen molar-refractivity contribution in [3.8, 4) is 0 Å². The van der Waals surface area contributed by atoms with E-state index in [9.17, 15) is 0 Å². The Labute approximate surface area is 57.6 Å². The second-order valence-electron chi connectivity index (χ2n) is 2.60. The van der Waals surface area contributed by atoms with E-state index in [1.807, 2.05) is 6.92 Å². The zero-order valence-corrected chi connectivity index (χ0v) is 6.43. The normalized spacial score (nSPS) is 17.3. The van der Waals surface area contributed by atoms with Crippen LogP contribution in [0, 0.1) is 5.92 Å². The largest absolute Gasteiger partial charge is 0.330 e. The van der Waals surface area contributed by atoms with E-state index in [1.165, 1.54) is 0 Å². The van der Waals surface area contributed by atoms with Crippen molar-refractivity contribution >= 4 is 0 Å². The van der Waals surface area contributed by atoms with Gasteiger partial charge in [-0.15, -0.1) is 0 Å². The lowest BCUT2D eigenvalue weighted by atomic mass is 9.96. The highest BCUT2D eigenvalue weighted by Crippen LogP contribution is 2.09. The maximum Gasteiger partial charge on any atom is 0.00391 e. The standard InChI is InChI=1S/C7H18N2/c1-3-7(4-5-8)6(2)9/h6-7H,3-5,8-9H2,1-2H3. The molecule has 0 bridgehead atoms. The highest BCUT2D eigenvalue weighted by atomic mass is 14.6. The van der Waals surface area contributed by atoms with Crippen LogP contribution < -0.4 is 11.5 Å². The first-order valence-electron chi connectivity index (χ1n) is 3.68. The minimum Gasteiger partial charge on any atom is -0.330 e. The van der Waals surface area contributed by atoms with Gasteiger partial charge >= 0.3 is 0 Å². The number of nitrogens with two attached hydrogens (primary N) is 2. The zero-order valence-electron chi connectivity index (χ0n) is 6.43. The molecular formula is C7H18N2. The zero-order chi connectivity index (χ0) is 7.28. The molecule has 0 heterocycles. The van der Waals surface area contributed by atoms with Gasteiger partial charge in [0.15, 0.2) is 0 Å². The van der Waals surface area contributed by atoms with E-state index in [4.69, 9.17) is 11.5 Å². The molecule has 0 aliphatic rings. The lowest BCUT2D eigenvalue weighted by molar-refractivity contribution is 0.407. The molecule has 0 radical (unpaired) electrons. The minimum atomic E-state index is 0.304. The van der Waals surface area contributed by atoms with Crippen molar-refractivity contribution < 1.29 is 0 Å². The van der Waals surface area contributed by atoms with Gasteiger partial charge in [-0.1, -0.05) is 13.3 Å². The molecule has 2 unspecified atom stereocenters. The van der Waals surface area contributed by atoms with E-state index < -0.39 is 0 Å². The molecule has 2 heteroatoms. The summed E-state index contributed by atoms with van der Waals surface area (Å²) in [7, 11) is 0. The van der Waals surface area contributed by atoms with Crippen LogP contribution in [0.4, 0.5) is 0 Å². The fourth-order valence-electron chi connectivity index (χ4n) is 1.05. The molecule has 0 aromatic rings. The van der Waals surface area contributed by atoms with Gasteiger partial charge in [-0.05, 0) is 25.8 Å². The first-order valence-corrected chi connectivity index (χ1v) is 3.68. The molecule has 0 aliphatic heterocycles. The van der Waals surface area contributed by atoms with E-state index in [0.717, 1.165) is 19.4 Å². The summed E-state index contributed by atoms with van der Waals surface area (Å²) >= 11 is 0. The minimum absolute atomic E-state index is 0.304. The van der Waals surface area contributed by atoms with Crippen molar-refractivity contribution in [1.82, 2.24) is 0 Å². The molecule has 4 N–H and O–H groups in total. The van der Waals surface area contributed by atoms with E-state index in [1.54, 1.807) is 0 Å². The van der Waals surface area contributed by atoms with Crippen molar-refractivity contribution in [2.75, 3.05) is 6.54 Å². The summed E-state index contributed by atoms with van der Waals surface area (Å²) in [4.78, 5) is 0.